The molecule has 0 spiro atoms. The molecule has 0 aliphatic carbocycles. The van der Waals surface area contributed by atoms with E-state index in [1.165, 1.54) is 11.6 Å². The summed E-state index contributed by atoms with van der Waals surface area (Å²) in [5.41, 5.74) is 1.43. The largest absolute Gasteiger partial charge is 0.390 e. The molecular formula is C27H26BrFN6O3. The molecule has 1 saturated heterocycles. The van der Waals surface area contributed by atoms with Gasteiger partial charge in [-0.3, -0.25) is 19.6 Å². The molecule has 5 rings (SSSR count). The second-order valence-electron chi connectivity index (χ2n) is 9.56. The van der Waals surface area contributed by atoms with Crippen LogP contribution in [0.2, 0.25) is 0 Å². The fourth-order valence-corrected chi connectivity index (χ4v) is 5.31. The number of aliphatic hydroxyl groups is 1. The number of pyridine rings is 1. The lowest BCUT2D eigenvalue weighted by Crippen LogP contribution is -2.58. The highest BCUT2D eigenvalue weighted by Gasteiger charge is 2.50. The van der Waals surface area contributed by atoms with Gasteiger partial charge in [-0.2, -0.15) is 5.10 Å². The third-order valence-electron chi connectivity index (χ3n) is 6.92. The average Bonchev–Trinajstić information content (AvgIpc) is 3.46. The van der Waals surface area contributed by atoms with Crippen molar-refractivity contribution in [3.63, 3.8) is 0 Å². The van der Waals surface area contributed by atoms with E-state index >= 15 is 0 Å². The predicted molar refractivity (Wildman–Crippen MR) is 142 cm³/mol. The van der Waals surface area contributed by atoms with Crippen molar-refractivity contribution in [1.29, 1.82) is 0 Å². The lowest BCUT2D eigenvalue weighted by atomic mass is 9.83. The third-order valence-corrected chi connectivity index (χ3v) is 7.36. The molecule has 0 radical (unpaired) electrons. The highest BCUT2D eigenvalue weighted by Crippen LogP contribution is 2.31. The Morgan fingerprint density at radius 1 is 1.24 bits per heavy atom. The number of alkyl halides is 1. The molecule has 4 aromatic rings. The molecule has 11 heteroatoms. The van der Waals surface area contributed by atoms with Crippen LogP contribution in [-0.2, 0) is 17.8 Å². The summed E-state index contributed by atoms with van der Waals surface area (Å²) in [5.74, 6) is -0.0270. The SMILES string of the molecule is CC(=O)c1nn(CC(=O)[C@@]2([C@@H](O)Cc3cccc(Br)n3)C[C@@H](F)CN2)c2ccc(-c3cnc(C)nc3)cc12. The minimum absolute atomic E-state index is 0.0464. The summed E-state index contributed by atoms with van der Waals surface area (Å²) in [6, 6.07) is 10.7. The zero-order valence-electron chi connectivity index (χ0n) is 20.9. The number of halogens is 2. The van der Waals surface area contributed by atoms with Gasteiger partial charge in [0.2, 0.25) is 0 Å². The molecule has 0 bridgehead atoms. The highest BCUT2D eigenvalue weighted by atomic mass is 79.9. The first kappa shape index (κ1) is 26.2. The lowest BCUT2D eigenvalue weighted by Gasteiger charge is -2.33. The molecule has 2 N–H and O–H groups in total. The molecule has 0 unspecified atom stereocenters. The molecule has 4 heterocycles. The first-order valence-corrected chi connectivity index (χ1v) is 13.0. The Bertz CT molecular complexity index is 1530. The summed E-state index contributed by atoms with van der Waals surface area (Å²) in [7, 11) is 0. The Hall–Kier alpha value is -3.41. The van der Waals surface area contributed by atoms with E-state index in [0.29, 0.717) is 27.0 Å². The van der Waals surface area contributed by atoms with E-state index in [1.807, 2.05) is 12.1 Å². The zero-order valence-corrected chi connectivity index (χ0v) is 22.4. The second kappa shape index (κ2) is 10.4. The van der Waals surface area contributed by atoms with Crippen LogP contribution in [0.5, 0.6) is 0 Å². The molecule has 3 atom stereocenters. The van der Waals surface area contributed by atoms with Gasteiger partial charge in [0.1, 0.15) is 34.4 Å². The number of ketones is 2. The van der Waals surface area contributed by atoms with Crippen molar-refractivity contribution in [3.05, 3.63) is 70.6 Å². The number of benzene rings is 1. The summed E-state index contributed by atoms with van der Waals surface area (Å²) >= 11 is 3.31. The van der Waals surface area contributed by atoms with Crippen molar-refractivity contribution in [3.8, 4) is 11.1 Å². The molecule has 0 amide bonds. The van der Waals surface area contributed by atoms with Crippen LogP contribution in [0, 0.1) is 6.92 Å². The van der Waals surface area contributed by atoms with Crippen LogP contribution in [0.3, 0.4) is 0 Å². The van der Waals surface area contributed by atoms with Crippen LogP contribution in [0.4, 0.5) is 4.39 Å². The maximum Gasteiger partial charge on any atom is 0.180 e. The Balaban J connectivity index is 1.48. The maximum atomic E-state index is 14.4. The van der Waals surface area contributed by atoms with Crippen LogP contribution < -0.4 is 5.32 Å². The van der Waals surface area contributed by atoms with Crippen LogP contribution >= 0.6 is 15.9 Å². The van der Waals surface area contributed by atoms with Gasteiger partial charge in [-0.05, 0) is 52.7 Å². The minimum Gasteiger partial charge on any atom is -0.390 e. The number of carbonyl (C=O) groups excluding carboxylic acids is 2. The van der Waals surface area contributed by atoms with Gasteiger partial charge in [0.15, 0.2) is 11.6 Å². The highest BCUT2D eigenvalue weighted by molar-refractivity contribution is 9.10. The van der Waals surface area contributed by atoms with Crippen LogP contribution in [0.25, 0.3) is 22.0 Å². The van der Waals surface area contributed by atoms with Crippen LogP contribution in [0.1, 0.15) is 35.4 Å². The Kier molecular flexibility index (Phi) is 7.17. The number of fused-ring (bicyclic) bond motifs is 1. The molecule has 1 fully saturated rings. The summed E-state index contributed by atoms with van der Waals surface area (Å²) in [6.45, 7) is 2.91. The topological polar surface area (TPSA) is 123 Å². The molecule has 1 aliphatic rings. The molecule has 9 nitrogen and oxygen atoms in total. The van der Waals surface area contributed by atoms with E-state index in [4.69, 9.17) is 0 Å². The van der Waals surface area contributed by atoms with Crippen molar-refractivity contribution in [2.24, 2.45) is 0 Å². The number of carbonyl (C=O) groups is 2. The Labute approximate surface area is 226 Å². The number of nitrogens with one attached hydrogen (secondary N) is 1. The molecule has 1 aromatic carbocycles. The van der Waals surface area contributed by atoms with E-state index in [-0.39, 0.29) is 37.4 Å². The summed E-state index contributed by atoms with van der Waals surface area (Å²) in [6.07, 6.45) is 0.790. The van der Waals surface area contributed by atoms with Gasteiger partial charge < -0.3 is 5.11 Å². The smallest absolute Gasteiger partial charge is 0.180 e. The number of Topliss-reactive ketones (excluding diaryl/α,β-unsaturated/α-hetero) is 2. The van der Waals surface area contributed by atoms with Crippen molar-refractivity contribution in [2.45, 2.75) is 51.0 Å². The molecule has 1 aliphatic heterocycles. The van der Waals surface area contributed by atoms with Crippen LogP contribution in [-0.4, -0.2) is 65.8 Å². The summed E-state index contributed by atoms with van der Waals surface area (Å²) in [5, 5.41) is 19.2. The third kappa shape index (κ3) is 5.01. The molecule has 196 valence electrons. The summed E-state index contributed by atoms with van der Waals surface area (Å²) < 4.78 is 16.5. The van der Waals surface area contributed by atoms with E-state index in [1.54, 1.807) is 43.6 Å². The van der Waals surface area contributed by atoms with Gasteiger partial charge in [-0.1, -0.05) is 12.1 Å². The molecule has 3 aromatic heterocycles. The fourth-order valence-electron chi connectivity index (χ4n) is 4.93. The number of aryl methyl sites for hydroxylation is 1. The minimum atomic E-state index is -1.52. The normalized spacial score (nSPS) is 20.1. The summed E-state index contributed by atoms with van der Waals surface area (Å²) in [4.78, 5) is 39.0. The fraction of sp³-hybridized carbons (Fsp3) is 0.333. The second-order valence-corrected chi connectivity index (χ2v) is 10.4. The molecular weight excluding hydrogens is 555 g/mol. The van der Waals surface area contributed by atoms with Crippen molar-refractivity contribution in [1.82, 2.24) is 30.0 Å². The first-order valence-electron chi connectivity index (χ1n) is 12.2. The number of hydrogen-bond donors (Lipinski definition) is 2. The number of rotatable bonds is 8. The number of nitrogens with zero attached hydrogens (tertiary/aromatic N) is 5. The number of aromatic nitrogens is 5. The Morgan fingerprint density at radius 2 is 2.00 bits per heavy atom. The predicted octanol–water partition coefficient (Wildman–Crippen LogP) is 3.40. The molecule has 0 saturated carbocycles. The standard InChI is InChI=1S/C27H26BrFN6O3/c1-15(36)26-21-8-17(18-11-30-16(2)31-12-18)6-7-22(21)35(34-26)14-24(38)27(10-19(29)13-32-27)23(37)9-20-4-3-5-25(28)33-20/h3-8,11-12,19,23,32,37H,9-10,13-14H2,1-2H3/t19-,23+,27+/m1/s1. The zero-order chi connectivity index (χ0) is 27.0. The number of aliphatic hydroxyl groups excluding tert-OH is 1. The Morgan fingerprint density at radius 3 is 2.66 bits per heavy atom. The van der Waals surface area contributed by atoms with Gasteiger partial charge >= 0.3 is 0 Å². The quantitative estimate of drug-likeness (QED) is 0.240. The van der Waals surface area contributed by atoms with Gasteiger partial charge in [0.25, 0.3) is 0 Å². The van der Waals surface area contributed by atoms with E-state index in [0.717, 1.165) is 11.1 Å². The van der Waals surface area contributed by atoms with E-state index in [9.17, 15) is 19.1 Å². The van der Waals surface area contributed by atoms with Gasteiger partial charge in [-0.25, -0.2) is 19.3 Å². The lowest BCUT2D eigenvalue weighted by molar-refractivity contribution is -0.130. The first-order chi connectivity index (χ1) is 18.2. The van der Waals surface area contributed by atoms with Crippen LogP contribution in [0.15, 0.2) is 53.4 Å². The van der Waals surface area contributed by atoms with E-state index < -0.39 is 23.6 Å². The molecule has 38 heavy (non-hydrogen) atoms. The van der Waals surface area contributed by atoms with Gasteiger partial charge in [0, 0.05) is 55.3 Å². The maximum absolute atomic E-state index is 14.4. The van der Waals surface area contributed by atoms with Crippen molar-refractivity contribution < 1.29 is 19.1 Å². The van der Waals surface area contributed by atoms with Crippen molar-refractivity contribution >= 4 is 38.4 Å². The number of hydrogen-bond acceptors (Lipinski definition) is 8. The van der Waals surface area contributed by atoms with E-state index in [2.05, 4.69) is 41.3 Å². The van der Waals surface area contributed by atoms with Crippen molar-refractivity contribution in [2.75, 3.05) is 6.54 Å². The average molecular weight is 581 g/mol. The van der Waals surface area contributed by atoms with Gasteiger partial charge in [-0.15, -0.1) is 0 Å². The van der Waals surface area contributed by atoms with Gasteiger partial charge in [0.05, 0.1) is 11.6 Å². The monoisotopic (exact) mass is 580 g/mol.